The van der Waals surface area contributed by atoms with Crippen LogP contribution in [-0.2, 0) is 4.79 Å². The summed E-state index contributed by atoms with van der Waals surface area (Å²) in [6, 6.07) is 9.33. The van der Waals surface area contributed by atoms with E-state index in [1.807, 2.05) is 47.0 Å². The van der Waals surface area contributed by atoms with Crippen molar-refractivity contribution in [2.75, 3.05) is 25.4 Å². The van der Waals surface area contributed by atoms with Gasteiger partial charge in [-0.25, -0.2) is 0 Å². The number of hydrogen-bond donors (Lipinski definition) is 1. The third kappa shape index (κ3) is 4.28. The summed E-state index contributed by atoms with van der Waals surface area (Å²) in [4.78, 5) is 26.8. The number of rotatable bonds is 4. The van der Waals surface area contributed by atoms with E-state index in [1.54, 1.807) is 0 Å². The fourth-order valence-electron chi connectivity index (χ4n) is 3.30. The lowest BCUT2D eigenvalue weighted by atomic mass is 9.96. The number of amides is 2. The second-order valence-corrected chi connectivity index (χ2v) is 7.74. The van der Waals surface area contributed by atoms with Gasteiger partial charge >= 0.3 is 0 Å². The quantitative estimate of drug-likeness (QED) is 0.922. The van der Waals surface area contributed by atoms with Crippen LogP contribution in [0.1, 0.15) is 36.0 Å². The number of carbonyl (C=O) groups is 2. The minimum Gasteiger partial charge on any atom is -0.355 e. The third-order valence-corrected chi connectivity index (χ3v) is 6.03. The van der Waals surface area contributed by atoms with Crippen LogP contribution in [0.3, 0.4) is 0 Å². The molecule has 2 aliphatic heterocycles. The molecule has 2 aliphatic rings. The molecule has 2 heterocycles. The maximum Gasteiger partial charge on any atom is 0.253 e. The highest BCUT2D eigenvalue weighted by atomic mass is 32.2. The Morgan fingerprint density at radius 3 is 2.74 bits per heavy atom. The number of likely N-dealkylation sites (tertiary alicyclic amines) is 1. The lowest BCUT2D eigenvalue weighted by Gasteiger charge is -2.32. The molecule has 124 valence electrons. The molecule has 2 fully saturated rings. The molecule has 2 saturated heterocycles. The maximum atomic E-state index is 12.5. The van der Waals surface area contributed by atoms with Crippen LogP contribution < -0.4 is 5.32 Å². The van der Waals surface area contributed by atoms with Crippen LogP contribution in [0.15, 0.2) is 30.3 Å². The van der Waals surface area contributed by atoms with Crippen molar-refractivity contribution >= 4 is 23.6 Å². The first-order valence-electron chi connectivity index (χ1n) is 8.47. The lowest BCUT2D eigenvalue weighted by Crippen LogP contribution is -2.46. The summed E-state index contributed by atoms with van der Waals surface area (Å²) in [7, 11) is 0. The molecule has 2 atom stereocenters. The van der Waals surface area contributed by atoms with E-state index >= 15 is 0 Å². The molecule has 23 heavy (non-hydrogen) atoms. The van der Waals surface area contributed by atoms with Crippen LogP contribution in [0.25, 0.3) is 0 Å². The number of hydrogen-bond acceptors (Lipinski definition) is 3. The molecule has 1 N–H and O–H groups in total. The van der Waals surface area contributed by atoms with E-state index in [0.717, 1.165) is 25.9 Å². The molecule has 1 aromatic carbocycles. The van der Waals surface area contributed by atoms with E-state index in [-0.39, 0.29) is 17.7 Å². The molecule has 3 rings (SSSR count). The summed E-state index contributed by atoms with van der Waals surface area (Å²) in [6.07, 6.45) is 4.24. The van der Waals surface area contributed by atoms with E-state index in [0.29, 0.717) is 17.4 Å². The van der Waals surface area contributed by atoms with Crippen molar-refractivity contribution in [3.8, 4) is 0 Å². The predicted octanol–water partition coefficient (Wildman–Crippen LogP) is 2.55. The Labute approximate surface area is 142 Å². The van der Waals surface area contributed by atoms with Gasteiger partial charge in [-0.05, 0) is 43.6 Å². The zero-order valence-corrected chi connectivity index (χ0v) is 14.2. The van der Waals surface area contributed by atoms with Crippen LogP contribution in [0.4, 0.5) is 0 Å². The smallest absolute Gasteiger partial charge is 0.253 e. The minimum atomic E-state index is -0.0668. The number of nitrogens with zero attached hydrogens (tertiary/aromatic N) is 1. The normalized spacial score (nSPS) is 24.4. The van der Waals surface area contributed by atoms with E-state index in [2.05, 4.69) is 5.32 Å². The maximum absolute atomic E-state index is 12.5. The molecule has 5 heteroatoms. The van der Waals surface area contributed by atoms with Gasteiger partial charge in [-0.3, -0.25) is 9.59 Å². The first-order valence-corrected chi connectivity index (χ1v) is 9.52. The van der Waals surface area contributed by atoms with Gasteiger partial charge in [-0.1, -0.05) is 18.2 Å². The highest BCUT2D eigenvalue weighted by Gasteiger charge is 2.29. The Kier molecular flexibility index (Phi) is 5.60. The topological polar surface area (TPSA) is 49.4 Å². The van der Waals surface area contributed by atoms with Gasteiger partial charge < -0.3 is 10.2 Å². The fourth-order valence-corrected chi connectivity index (χ4v) is 4.50. The summed E-state index contributed by atoms with van der Waals surface area (Å²) < 4.78 is 0. The van der Waals surface area contributed by atoms with Gasteiger partial charge in [0.2, 0.25) is 5.91 Å². The fraction of sp³-hybridized carbons (Fsp3) is 0.556. The second kappa shape index (κ2) is 7.86. The molecule has 0 spiro atoms. The van der Waals surface area contributed by atoms with Crippen LogP contribution in [0.2, 0.25) is 0 Å². The summed E-state index contributed by atoms with van der Waals surface area (Å²) in [6.45, 7) is 2.06. The first-order chi connectivity index (χ1) is 11.2. The van der Waals surface area contributed by atoms with Crippen LogP contribution in [-0.4, -0.2) is 47.4 Å². The second-order valence-electron chi connectivity index (χ2n) is 6.34. The molecule has 0 aromatic heterocycles. The average molecular weight is 332 g/mol. The molecule has 0 saturated carbocycles. The Morgan fingerprint density at radius 2 is 2.00 bits per heavy atom. The van der Waals surface area contributed by atoms with Crippen molar-refractivity contribution in [3.63, 3.8) is 0 Å². The molecule has 1 aromatic rings. The largest absolute Gasteiger partial charge is 0.355 e. The van der Waals surface area contributed by atoms with Gasteiger partial charge in [0, 0.05) is 30.4 Å². The number of thioether (sulfide) groups is 1. The number of benzene rings is 1. The van der Waals surface area contributed by atoms with E-state index in [4.69, 9.17) is 0 Å². The lowest BCUT2D eigenvalue weighted by molar-refractivity contribution is -0.126. The van der Waals surface area contributed by atoms with Crippen molar-refractivity contribution in [2.45, 2.75) is 30.9 Å². The van der Waals surface area contributed by atoms with Crippen molar-refractivity contribution in [1.82, 2.24) is 10.2 Å². The van der Waals surface area contributed by atoms with Crippen LogP contribution in [0.5, 0.6) is 0 Å². The summed E-state index contributed by atoms with van der Waals surface area (Å²) >= 11 is 1.95. The van der Waals surface area contributed by atoms with Crippen LogP contribution >= 0.6 is 11.8 Å². The standard InChI is InChI=1S/C18H24N2O2S/c21-17(19-12-16-9-5-11-23-16)15-8-4-10-20(13-15)18(22)14-6-2-1-3-7-14/h1-3,6-7,15-16H,4-5,8-13H2,(H,19,21)/t15-,16-/m0/s1. The van der Waals surface area contributed by atoms with Gasteiger partial charge in [0.05, 0.1) is 5.92 Å². The highest BCUT2D eigenvalue weighted by Crippen LogP contribution is 2.25. The predicted molar refractivity (Wildman–Crippen MR) is 93.6 cm³/mol. The van der Waals surface area contributed by atoms with Gasteiger partial charge in [0.25, 0.3) is 5.91 Å². The SMILES string of the molecule is O=C(NC[C@@H]1CCCS1)[C@H]1CCCN(C(=O)c2ccccc2)C1. The summed E-state index contributed by atoms with van der Waals surface area (Å²) in [5, 5.41) is 3.67. The number of piperidine rings is 1. The molecule has 2 amide bonds. The molecule has 0 bridgehead atoms. The molecule has 0 aliphatic carbocycles. The van der Waals surface area contributed by atoms with E-state index in [1.165, 1.54) is 18.6 Å². The van der Waals surface area contributed by atoms with Crippen molar-refractivity contribution in [1.29, 1.82) is 0 Å². The molecule has 0 unspecified atom stereocenters. The molecular formula is C18H24N2O2S. The Bertz CT molecular complexity index is 543. The number of carbonyl (C=O) groups excluding carboxylic acids is 2. The van der Waals surface area contributed by atoms with Crippen molar-refractivity contribution in [2.24, 2.45) is 5.92 Å². The van der Waals surface area contributed by atoms with Gasteiger partial charge in [0.1, 0.15) is 0 Å². The summed E-state index contributed by atoms with van der Waals surface area (Å²) in [5.41, 5.74) is 0.705. The van der Waals surface area contributed by atoms with Gasteiger partial charge in [0.15, 0.2) is 0 Å². The number of nitrogens with one attached hydrogen (secondary N) is 1. The van der Waals surface area contributed by atoms with E-state index < -0.39 is 0 Å². The van der Waals surface area contributed by atoms with Crippen molar-refractivity contribution in [3.05, 3.63) is 35.9 Å². The first kappa shape index (κ1) is 16.4. The molecular weight excluding hydrogens is 308 g/mol. The molecule has 0 radical (unpaired) electrons. The summed E-state index contributed by atoms with van der Waals surface area (Å²) in [5.74, 6) is 1.30. The van der Waals surface area contributed by atoms with E-state index in [9.17, 15) is 9.59 Å². The Balaban J connectivity index is 1.53. The zero-order chi connectivity index (χ0) is 16.1. The van der Waals surface area contributed by atoms with Crippen molar-refractivity contribution < 1.29 is 9.59 Å². The minimum absolute atomic E-state index is 0.0365. The zero-order valence-electron chi connectivity index (χ0n) is 13.4. The highest BCUT2D eigenvalue weighted by molar-refractivity contribution is 8.00. The van der Waals surface area contributed by atoms with Gasteiger partial charge in [-0.15, -0.1) is 0 Å². The third-order valence-electron chi connectivity index (χ3n) is 4.63. The van der Waals surface area contributed by atoms with Gasteiger partial charge in [-0.2, -0.15) is 11.8 Å². The monoisotopic (exact) mass is 332 g/mol. The Hall–Kier alpha value is -1.49. The average Bonchev–Trinajstić information content (AvgIpc) is 3.13. The molecule has 4 nitrogen and oxygen atoms in total. The van der Waals surface area contributed by atoms with Crippen LogP contribution in [0, 0.1) is 5.92 Å². The Morgan fingerprint density at radius 1 is 1.17 bits per heavy atom.